The zero-order valence-corrected chi connectivity index (χ0v) is 22.7. The van der Waals surface area contributed by atoms with Gasteiger partial charge in [0.15, 0.2) is 0 Å². The number of nitrogens with zero attached hydrogens (tertiary/aromatic N) is 3. The second-order valence-electron chi connectivity index (χ2n) is 8.95. The topological polar surface area (TPSA) is 272 Å². The Hall–Kier alpha value is -4.65. The van der Waals surface area contributed by atoms with E-state index in [0.29, 0.717) is 5.56 Å². The van der Waals surface area contributed by atoms with Gasteiger partial charge in [0.2, 0.25) is 5.91 Å². The molecule has 232 valence electrons. The molecule has 3 amide bonds. The molecular weight excluding hydrogens is 562 g/mol. The Labute approximate surface area is 240 Å². The van der Waals surface area contributed by atoms with E-state index in [2.05, 4.69) is 16.2 Å². The van der Waals surface area contributed by atoms with E-state index in [1.165, 1.54) is 17.0 Å². The standard InChI is InChI=1S/C24H35N7O11/c25-9-18(32)27-28-24(42)17-3-1-16(2-4-17)10-26-19(33)11-29(5-7-30(12-20(34)35)13-21(36)37)6-8-31(14-22(38)39)15-23(40)41/h1-4H,5-15,25H2,(H,26,33)(H,27,32)(H,28,42)(H,34,35)(H,36,37)(H,38,39)(H,40,41). The van der Waals surface area contributed by atoms with E-state index in [4.69, 9.17) is 26.2 Å². The molecule has 42 heavy (non-hydrogen) atoms. The predicted octanol–water partition coefficient (Wildman–Crippen LogP) is -3.73. The Morgan fingerprint density at radius 2 is 1.02 bits per heavy atom. The van der Waals surface area contributed by atoms with Crippen LogP contribution < -0.4 is 21.9 Å². The van der Waals surface area contributed by atoms with Gasteiger partial charge in [0.25, 0.3) is 11.8 Å². The zero-order chi connectivity index (χ0) is 31.7. The molecule has 0 unspecified atom stereocenters. The molecule has 0 spiro atoms. The van der Waals surface area contributed by atoms with E-state index in [1.54, 1.807) is 12.1 Å². The van der Waals surface area contributed by atoms with Crippen molar-refractivity contribution in [2.45, 2.75) is 6.54 Å². The highest BCUT2D eigenvalue weighted by Crippen LogP contribution is 2.04. The third-order valence-electron chi connectivity index (χ3n) is 5.47. The summed E-state index contributed by atoms with van der Waals surface area (Å²) < 4.78 is 0. The first-order chi connectivity index (χ1) is 19.8. The van der Waals surface area contributed by atoms with Crippen molar-refractivity contribution in [3.8, 4) is 0 Å². The fraction of sp³-hybridized carbons (Fsp3) is 0.458. The summed E-state index contributed by atoms with van der Waals surface area (Å²) in [5.74, 6) is -6.64. The predicted molar refractivity (Wildman–Crippen MR) is 143 cm³/mol. The minimum atomic E-state index is -1.25. The molecule has 0 radical (unpaired) electrons. The summed E-state index contributed by atoms with van der Waals surface area (Å²) in [5, 5.41) is 38.9. The number of hydrogen-bond acceptors (Lipinski definition) is 11. The van der Waals surface area contributed by atoms with Gasteiger partial charge in [-0.3, -0.25) is 59.1 Å². The van der Waals surface area contributed by atoms with Gasteiger partial charge >= 0.3 is 23.9 Å². The van der Waals surface area contributed by atoms with Crippen molar-refractivity contribution in [2.24, 2.45) is 5.73 Å². The maximum absolute atomic E-state index is 12.7. The molecule has 9 N–H and O–H groups in total. The summed E-state index contributed by atoms with van der Waals surface area (Å²) in [6.07, 6.45) is 0. The van der Waals surface area contributed by atoms with Crippen LogP contribution >= 0.6 is 0 Å². The summed E-state index contributed by atoms with van der Waals surface area (Å²) >= 11 is 0. The van der Waals surface area contributed by atoms with E-state index in [9.17, 15) is 33.6 Å². The first-order valence-corrected chi connectivity index (χ1v) is 12.5. The quantitative estimate of drug-likeness (QED) is 0.0671. The molecule has 0 aromatic heterocycles. The first-order valence-electron chi connectivity index (χ1n) is 12.5. The highest BCUT2D eigenvalue weighted by atomic mass is 16.4. The number of benzene rings is 1. The summed E-state index contributed by atoms with van der Waals surface area (Å²) in [5.41, 5.74) is 10.3. The van der Waals surface area contributed by atoms with E-state index in [1.807, 2.05) is 0 Å². The van der Waals surface area contributed by atoms with Crippen molar-refractivity contribution in [1.29, 1.82) is 0 Å². The summed E-state index contributed by atoms with van der Waals surface area (Å²) in [6, 6.07) is 6.08. The fourth-order valence-electron chi connectivity index (χ4n) is 3.51. The van der Waals surface area contributed by atoms with E-state index in [0.717, 1.165) is 9.80 Å². The maximum atomic E-state index is 12.7. The number of nitrogens with one attached hydrogen (secondary N) is 3. The molecule has 0 aliphatic rings. The van der Waals surface area contributed by atoms with Crippen LogP contribution in [0.2, 0.25) is 0 Å². The number of carboxylic acids is 4. The van der Waals surface area contributed by atoms with Crippen LogP contribution in [-0.4, -0.2) is 142 Å². The summed E-state index contributed by atoms with van der Waals surface area (Å²) in [4.78, 5) is 84.1. The third kappa shape index (κ3) is 15.8. The number of carbonyl (C=O) groups excluding carboxylic acids is 3. The van der Waals surface area contributed by atoms with E-state index >= 15 is 0 Å². The smallest absolute Gasteiger partial charge is 0.317 e. The molecule has 1 aromatic carbocycles. The lowest BCUT2D eigenvalue weighted by molar-refractivity contribution is -0.143. The number of rotatable bonds is 20. The Balaban J connectivity index is 2.84. The van der Waals surface area contributed by atoms with Gasteiger partial charge in [0.1, 0.15) is 0 Å². The number of nitrogens with two attached hydrogens (primary N) is 1. The van der Waals surface area contributed by atoms with Crippen molar-refractivity contribution in [3.63, 3.8) is 0 Å². The van der Waals surface area contributed by atoms with Crippen LogP contribution in [0, 0.1) is 0 Å². The van der Waals surface area contributed by atoms with Crippen molar-refractivity contribution >= 4 is 41.6 Å². The van der Waals surface area contributed by atoms with Crippen molar-refractivity contribution in [3.05, 3.63) is 35.4 Å². The molecule has 0 aliphatic carbocycles. The number of hydrazine groups is 1. The van der Waals surface area contributed by atoms with Crippen molar-refractivity contribution < 1.29 is 54.0 Å². The molecule has 0 saturated heterocycles. The van der Waals surface area contributed by atoms with Crippen LogP contribution in [-0.2, 0) is 35.3 Å². The van der Waals surface area contributed by atoms with Gasteiger partial charge in [-0.1, -0.05) is 12.1 Å². The molecular formula is C24H35N7O11. The second kappa shape index (κ2) is 18.7. The average molecular weight is 598 g/mol. The number of aliphatic carboxylic acids is 4. The number of carboxylic acid groups (broad SMARTS) is 4. The second-order valence-corrected chi connectivity index (χ2v) is 8.95. The lowest BCUT2D eigenvalue weighted by atomic mass is 10.1. The lowest BCUT2D eigenvalue weighted by Crippen LogP contribution is -2.47. The number of carbonyl (C=O) groups is 7. The normalized spacial score (nSPS) is 10.9. The van der Waals surface area contributed by atoms with Gasteiger partial charge < -0.3 is 31.5 Å². The van der Waals surface area contributed by atoms with Gasteiger partial charge in [-0.2, -0.15) is 0 Å². The molecule has 0 atom stereocenters. The van der Waals surface area contributed by atoms with Crippen LogP contribution in [0.4, 0.5) is 0 Å². The summed E-state index contributed by atoms with van der Waals surface area (Å²) in [7, 11) is 0. The molecule has 18 heteroatoms. The van der Waals surface area contributed by atoms with Crippen LogP contribution in [0.1, 0.15) is 15.9 Å². The van der Waals surface area contributed by atoms with Gasteiger partial charge in [0, 0.05) is 38.3 Å². The number of hydrogen-bond donors (Lipinski definition) is 8. The molecule has 0 bridgehead atoms. The minimum Gasteiger partial charge on any atom is -0.480 e. The molecule has 0 aliphatic heterocycles. The van der Waals surface area contributed by atoms with Crippen LogP contribution in [0.3, 0.4) is 0 Å². The Morgan fingerprint density at radius 3 is 1.43 bits per heavy atom. The molecule has 0 heterocycles. The largest absolute Gasteiger partial charge is 0.480 e. The van der Waals surface area contributed by atoms with Crippen LogP contribution in [0.25, 0.3) is 0 Å². The molecule has 1 aromatic rings. The fourth-order valence-corrected chi connectivity index (χ4v) is 3.51. The zero-order valence-electron chi connectivity index (χ0n) is 22.7. The molecule has 18 nitrogen and oxygen atoms in total. The van der Waals surface area contributed by atoms with Crippen molar-refractivity contribution in [2.75, 3.05) is 65.4 Å². The van der Waals surface area contributed by atoms with Crippen molar-refractivity contribution in [1.82, 2.24) is 30.9 Å². The number of amides is 3. The van der Waals surface area contributed by atoms with Gasteiger partial charge in [-0.25, -0.2) is 0 Å². The maximum Gasteiger partial charge on any atom is 0.317 e. The van der Waals surface area contributed by atoms with Gasteiger partial charge in [0.05, 0.1) is 39.3 Å². The molecule has 1 rings (SSSR count). The van der Waals surface area contributed by atoms with E-state index in [-0.39, 0.29) is 51.4 Å². The average Bonchev–Trinajstić information content (AvgIpc) is 2.90. The van der Waals surface area contributed by atoms with E-state index < -0.39 is 67.8 Å². The molecule has 0 saturated carbocycles. The van der Waals surface area contributed by atoms with Gasteiger partial charge in [-0.15, -0.1) is 0 Å². The monoisotopic (exact) mass is 597 g/mol. The Bertz CT molecular complexity index is 1040. The Kier molecular flexibility index (Phi) is 15.7. The highest BCUT2D eigenvalue weighted by molar-refractivity contribution is 5.95. The van der Waals surface area contributed by atoms with Gasteiger partial charge in [-0.05, 0) is 17.7 Å². The Morgan fingerprint density at radius 1 is 0.595 bits per heavy atom. The molecule has 0 fully saturated rings. The van der Waals surface area contributed by atoms with Crippen LogP contribution in [0.5, 0.6) is 0 Å². The first kappa shape index (κ1) is 35.4. The SMILES string of the molecule is NCC(=O)NNC(=O)c1ccc(CNC(=O)CN(CCN(CC(=O)O)CC(=O)O)CCN(CC(=O)O)CC(=O)O)cc1. The highest BCUT2D eigenvalue weighted by Gasteiger charge is 2.19. The minimum absolute atomic E-state index is 0.0203. The lowest BCUT2D eigenvalue weighted by Gasteiger charge is -2.28. The van der Waals surface area contributed by atoms with Crippen LogP contribution in [0.15, 0.2) is 24.3 Å². The summed E-state index contributed by atoms with van der Waals surface area (Å²) in [6.45, 7) is -2.82. The third-order valence-corrected chi connectivity index (χ3v) is 5.47.